The third kappa shape index (κ3) is 5.39. The highest BCUT2D eigenvalue weighted by atomic mass is 19.4. The highest BCUT2D eigenvalue weighted by Gasteiger charge is 2.37. The van der Waals surface area contributed by atoms with Crippen molar-refractivity contribution in [2.75, 3.05) is 5.73 Å². The van der Waals surface area contributed by atoms with Gasteiger partial charge >= 0.3 is 12.4 Å². The molecule has 2 aromatic carbocycles. The zero-order valence-corrected chi connectivity index (χ0v) is 17.0. The minimum Gasteiger partial charge on any atom is -0.398 e. The van der Waals surface area contributed by atoms with Crippen LogP contribution in [0.1, 0.15) is 27.9 Å². The summed E-state index contributed by atoms with van der Waals surface area (Å²) in [4.78, 5) is 19.8. The third-order valence-electron chi connectivity index (χ3n) is 4.63. The molecule has 0 aliphatic carbocycles. The number of carbonyl (C=O) groups excluding carboxylic acids is 1. The fraction of sp³-hybridized carbons (Fsp3) is 0.0909. The number of nitrogens with one attached hydrogen (secondary N) is 1. The first-order valence-corrected chi connectivity index (χ1v) is 9.34. The smallest absolute Gasteiger partial charge is 0.398 e. The van der Waals surface area contributed by atoms with Crippen LogP contribution in [0.3, 0.4) is 0 Å². The van der Waals surface area contributed by atoms with Crippen LogP contribution >= 0.6 is 0 Å². The molecule has 0 unspecified atom stereocenters. The lowest BCUT2D eigenvalue weighted by molar-refractivity contribution is -0.143. The third-order valence-corrected chi connectivity index (χ3v) is 4.63. The van der Waals surface area contributed by atoms with E-state index in [0.29, 0.717) is 17.7 Å². The van der Waals surface area contributed by atoms with Gasteiger partial charge in [-0.1, -0.05) is 12.1 Å². The number of aromatic nitrogens is 2. The predicted octanol–water partition coefficient (Wildman–Crippen LogP) is 4.79. The molecule has 3 aromatic rings. The summed E-state index contributed by atoms with van der Waals surface area (Å²) < 4.78 is 79.0. The molecule has 34 heavy (non-hydrogen) atoms. The van der Waals surface area contributed by atoms with Crippen LogP contribution in [-0.4, -0.2) is 22.1 Å². The van der Waals surface area contributed by atoms with E-state index in [0.717, 1.165) is 12.4 Å². The number of hydrogen-bond acceptors (Lipinski definition) is 5. The number of alkyl halides is 6. The van der Waals surface area contributed by atoms with E-state index >= 15 is 0 Å². The second kappa shape index (κ2) is 8.96. The molecular weight excluding hydrogens is 464 g/mol. The average Bonchev–Trinajstić information content (AvgIpc) is 2.76. The van der Waals surface area contributed by atoms with E-state index in [9.17, 15) is 31.1 Å². The lowest BCUT2D eigenvalue weighted by Gasteiger charge is -2.14. The molecule has 0 saturated carbocycles. The van der Waals surface area contributed by atoms with E-state index in [1.165, 1.54) is 30.3 Å². The van der Waals surface area contributed by atoms with Gasteiger partial charge < -0.3 is 16.9 Å². The van der Waals surface area contributed by atoms with Gasteiger partial charge in [-0.2, -0.15) is 26.3 Å². The largest absolute Gasteiger partial charge is 0.416 e. The van der Waals surface area contributed by atoms with Crippen LogP contribution in [0, 0.1) is 5.41 Å². The molecule has 3 rings (SSSR count). The number of rotatable bonds is 5. The topological polar surface area (TPSA) is 119 Å². The molecule has 1 heterocycles. The number of anilines is 1. The Morgan fingerprint density at radius 2 is 1.56 bits per heavy atom. The number of halogens is 6. The molecule has 12 heteroatoms. The highest BCUT2D eigenvalue weighted by Crippen LogP contribution is 2.38. The van der Waals surface area contributed by atoms with Crippen LogP contribution < -0.4 is 11.5 Å². The SMILES string of the molecule is N=Cc1ccc(/C(=C\c2ccnc(-c3cc(C(F)(F)F)cc(C(F)(F)F)c3)n2)C(N)=O)cc1N. The van der Waals surface area contributed by atoms with Crippen molar-refractivity contribution in [2.24, 2.45) is 5.73 Å². The Balaban J connectivity index is 2.13. The predicted molar refractivity (Wildman–Crippen MR) is 113 cm³/mol. The van der Waals surface area contributed by atoms with Crippen molar-refractivity contribution in [1.29, 1.82) is 5.41 Å². The van der Waals surface area contributed by atoms with Crippen molar-refractivity contribution < 1.29 is 31.1 Å². The van der Waals surface area contributed by atoms with Gasteiger partial charge in [-0.25, -0.2) is 9.97 Å². The van der Waals surface area contributed by atoms with E-state index in [-0.39, 0.29) is 28.6 Å². The molecule has 6 nitrogen and oxygen atoms in total. The summed E-state index contributed by atoms with van der Waals surface area (Å²) in [7, 11) is 0. The van der Waals surface area contributed by atoms with E-state index in [1.54, 1.807) is 0 Å². The summed E-state index contributed by atoms with van der Waals surface area (Å²) >= 11 is 0. The Kier molecular flexibility index (Phi) is 6.44. The van der Waals surface area contributed by atoms with E-state index in [2.05, 4.69) is 9.97 Å². The van der Waals surface area contributed by atoms with Crippen molar-refractivity contribution in [1.82, 2.24) is 9.97 Å². The molecule has 0 atom stereocenters. The lowest BCUT2D eigenvalue weighted by Crippen LogP contribution is -2.13. The van der Waals surface area contributed by atoms with E-state index in [1.807, 2.05) is 0 Å². The van der Waals surface area contributed by atoms with Gasteiger partial charge in [-0.05, 0) is 42.0 Å². The van der Waals surface area contributed by atoms with Gasteiger partial charge in [0, 0.05) is 34.8 Å². The van der Waals surface area contributed by atoms with Crippen LogP contribution in [0.5, 0.6) is 0 Å². The van der Waals surface area contributed by atoms with Gasteiger partial charge in [0.25, 0.3) is 0 Å². The minimum atomic E-state index is -5.03. The number of amides is 1. The van der Waals surface area contributed by atoms with Crippen LogP contribution in [0.2, 0.25) is 0 Å². The van der Waals surface area contributed by atoms with Crippen LogP contribution in [0.15, 0.2) is 48.7 Å². The van der Waals surface area contributed by atoms with Gasteiger partial charge in [-0.3, -0.25) is 4.79 Å². The van der Waals surface area contributed by atoms with Crippen molar-refractivity contribution in [2.45, 2.75) is 12.4 Å². The molecule has 0 saturated heterocycles. The molecule has 176 valence electrons. The van der Waals surface area contributed by atoms with Gasteiger partial charge in [0.05, 0.1) is 16.8 Å². The summed E-state index contributed by atoms with van der Waals surface area (Å²) in [6.45, 7) is 0. The molecule has 0 bridgehead atoms. The lowest BCUT2D eigenvalue weighted by atomic mass is 10.0. The van der Waals surface area contributed by atoms with Gasteiger partial charge in [0.1, 0.15) is 0 Å². The number of nitrogens with two attached hydrogens (primary N) is 2. The fourth-order valence-corrected chi connectivity index (χ4v) is 2.99. The first-order chi connectivity index (χ1) is 15.8. The average molecular weight is 479 g/mol. The molecule has 0 fully saturated rings. The highest BCUT2D eigenvalue weighted by molar-refractivity contribution is 6.23. The zero-order valence-electron chi connectivity index (χ0n) is 17.0. The Labute approximate surface area is 188 Å². The minimum absolute atomic E-state index is 0.000489. The van der Waals surface area contributed by atoms with Crippen molar-refractivity contribution in [3.05, 3.63) is 76.6 Å². The number of nitrogen functional groups attached to an aromatic ring is 1. The first-order valence-electron chi connectivity index (χ1n) is 9.34. The molecule has 0 aliphatic rings. The number of carbonyl (C=O) groups is 1. The van der Waals surface area contributed by atoms with Crippen molar-refractivity contribution in [3.63, 3.8) is 0 Å². The summed E-state index contributed by atoms with van der Waals surface area (Å²) in [5.74, 6) is -1.31. The maximum Gasteiger partial charge on any atom is 0.416 e. The summed E-state index contributed by atoms with van der Waals surface area (Å²) in [6.07, 6.45) is -6.74. The Hall–Kier alpha value is -4.22. The molecule has 1 aromatic heterocycles. The molecule has 0 spiro atoms. The maximum absolute atomic E-state index is 13.2. The second-order valence-corrected chi connectivity index (χ2v) is 7.01. The standard InChI is InChI=1S/C22H15F6N5O/c23-21(24,25)14-5-13(6-15(8-14)22(26,27)28)20-32-4-3-16(33-20)9-17(19(31)34)11-1-2-12(10-29)18(30)7-11/h1-10,29H,30H2,(H2,31,34)/b17-9+,29-10?. The Morgan fingerprint density at radius 3 is 2.06 bits per heavy atom. The van der Waals surface area contributed by atoms with Crippen LogP contribution in [0.25, 0.3) is 23.0 Å². The van der Waals surface area contributed by atoms with E-state index in [4.69, 9.17) is 16.9 Å². The maximum atomic E-state index is 13.2. The van der Waals surface area contributed by atoms with Gasteiger partial charge in [0.2, 0.25) is 5.91 Å². The Morgan fingerprint density at radius 1 is 0.941 bits per heavy atom. The molecule has 5 N–H and O–H groups in total. The summed E-state index contributed by atoms with van der Waals surface area (Å²) in [5.41, 5.74) is 8.49. The summed E-state index contributed by atoms with van der Waals surface area (Å²) in [6, 6.07) is 6.63. The Bertz CT molecular complexity index is 1270. The van der Waals surface area contributed by atoms with Crippen molar-refractivity contribution in [3.8, 4) is 11.4 Å². The van der Waals surface area contributed by atoms with Crippen molar-refractivity contribution >= 4 is 29.5 Å². The number of primary amides is 1. The number of nitrogens with zero attached hydrogens (tertiary/aromatic N) is 2. The summed E-state index contributed by atoms with van der Waals surface area (Å²) in [5, 5.41) is 7.27. The molecular formula is C22H15F6N5O. The number of benzene rings is 2. The van der Waals surface area contributed by atoms with Crippen LogP contribution in [-0.2, 0) is 17.1 Å². The second-order valence-electron chi connectivity index (χ2n) is 7.01. The van der Waals surface area contributed by atoms with Crippen LogP contribution in [0.4, 0.5) is 32.0 Å². The monoisotopic (exact) mass is 479 g/mol. The zero-order chi connectivity index (χ0) is 25.3. The number of hydrogen-bond donors (Lipinski definition) is 3. The fourth-order valence-electron chi connectivity index (χ4n) is 2.99. The van der Waals surface area contributed by atoms with E-state index < -0.39 is 40.8 Å². The first kappa shape index (κ1) is 24.4. The molecule has 1 amide bonds. The normalized spacial score (nSPS) is 12.5. The van der Waals surface area contributed by atoms with Gasteiger partial charge in [0.15, 0.2) is 5.82 Å². The molecule has 0 aliphatic heterocycles. The molecule has 0 radical (unpaired) electrons. The van der Waals surface area contributed by atoms with Gasteiger partial charge in [-0.15, -0.1) is 0 Å². The quantitative estimate of drug-likeness (QED) is 0.211.